The maximum atomic E-state index is 10.9. The molecule has 0 aliphatic carbocycles. The van der Waals surface area contributed by atoms with Gasteiger partial charge in [0.1, 0.15) is 0 Å². The average molecular weight is 515 g/mol. The van der Waals surface area contributed by atoms with Crippen LogP contribution < -0.4 is 4.90 Å². The Morgan fingerprint density at radius 3 is 2.81 bits per heavy atom. The van der Waals surface area contributed by atoms with Gasteiger partial charge in [0.05, 0.1) is 13.2 Å². The van der Waals surface area contributed by atoms with E-state index in [1.54, 1.807) is 19.1 Å². The Hall–Kier alpha value is -2.94. The molecule has 0 bridgehead atoms. The van der Waals surface area contributed by atoms with Gasteiger partial charge in [0.15, 0.2) is 0 Å². The van der Waals surface area contributed by atoms with Crippen LogP contribution in [0.2, 0.25) is 0 Å². The number of hydrogen-bond donors (Lipinski definition) is 1. The fraction of sp³-hybridized carbons (Fsp3) is 0.444. The van der Waals surface area contributed by atoms with Crippen LogP contribution in [-0.2, 0) is 22.7 Å². The van der Waals surface area contributed by atoms with Crippen LogP contribution in [0.3, 0.4) is 0 Å². The molecule has 0 amide bonds. The molecule has 0 spiro atoms. The summed E-state index contributed by atoms with van der Waals surface area (Å²) >= 11 is 0. The lowest BCUT2D eigenvalue weighted by molar-refractivity contribution is -0.138. The molecule has 1 saturated heterocycles. The number of carboxylic acid groups (broad SMARTS) is 1. The van der Waals surface area contributed by atoms with E-state index < -0.39 is 5.97 Å². The first-order chi connectivity index (χ1) is 17.0. The minimum atomic E-state index is -0.851. The fourth-order valence-electron chi connectivity index (χ4n) is 4.88. The van der Waals surface area contributed by atoms with Crippen molar-refractivity contribution < 1.29 is 19.2 Å². The number of rotatable bonds is 10. The highest BCUT2D eigenvalue weighted by Crippen LogP contribution is 2.33. The predicted octanol–water partition coefficient (Wildman–Crippen LogP) is 5.26. The molecule has 1 fully saturated rings. The molecule has 2 heterocycles. The first-order valence-electron chi connectivity index (χ1n) is 12.2. The second-order valence-corrected chi connectivity index (χ2v) is 9.22. The Morgan fingerprint density at radius 1 is 1.22 bits per heavy atom. The SMILES string of the molecule is CCC1CCCCN1c1ccc(-c2nc(-c3cccc(CN(C)CC(=O)O)c3)no2)cc1COC.Cl. The summed E-state index contributed by atoms with van der Waals surface area (Å²) in [6.45, 7) is 4.33. The van der Waals surface area contributed by atoms with E-state index in [0.29, 0.717) is 30.9 Å². The molecular formula is C27H35ClN4O4. The van der Waals surface area contributed by atoms with Crippen LogP contribution in [0.15, 0.2) is 47.0 Å². The van der Waals surface area contributed by atoms with Crippen LogP contribution in [-0.4, -0.2) is 59.4 Å². The molecule has 2 aromatic carbocycles. The number of aliphatic carboxylic acids is 1. The van der Waals surface area contributed by atoms with E-state index in [0.717, 1.165) is 35.2 Å². The molecule has 0 saturated carbocycles. The number of anilines is 1. The van der Waals surface area contributed by atoms with E-state index in [-0.39, 0.29) is 19.0 Å². The molecule has 0 radical (unpaired) electrons. The van der Waals surface area contributed by atoms with Crippen molar-refractivity contribution in [2.24, 2.45) is 0 Å². The second-order valence-electron chi connectivity index (χ2n) is 9.22. The number of likely N-dealkylation sites (N-methyl/N-ethyl adjacent to an activating group) is 1. The van der Waals surface area contributed by atoms with Gasteiger partial charge in [-0.2, -0.15) is 4.98 Å². The summed E-state index contributed by atoms with van der Waals surface area (Å²) in [5.74, 6) is 0.112. The van der Waals surface area contributed by atoms with E-state index in [1.165, 1.54) is 24.9 Å². The summed E-state index contributed by atoms with van der Waals surface area (Å²) in [7, 11) is 3.50. The van der Waals surface area contributed by atoms with Gasteiger partial charge in [0, 0.05) is 48.6 Å². The van der Waals surface area contributed by atoms with Crippen LogP contribution in [0.5, 0.6) is 0 Å². The van der Waals surface area contributed by atoms with Crippen molar-refractivity contribution in [1.82, 2.24) is 15.0 Å². The summed E-state index contributed by atoms with van der Waals surface area (Å²) in [6.07, 6.45) is 4.85. The van der Waals surface area contributed by atoms with Crippen molar-refractivity contribution in [3.63, 3.8) is 0 Å². The maximum Gasteiger partial charge on any atom is 0.317 e. The summed E-state index contributed by atoms with van der Waals surface area (Å²) in [5.41, 5.74) is 5.01. The number of carbonyl (C=O) groups is 1. The van der Waals surface area contributed by atoms with Gasteiger partial charge in [-0.15, -0.1) is 12.4 Å². The van der Waals surface area contributed by atoms with E-state index in [4.69, 9.17) is 14.4 Å². The Bertz CT molecular complexity index is 1150. The Labute approximate surface area is 218 Å². The Balaban J connectivity index is 0.00000361. The molecule has 1 N–H and O–H groups in total. The summed E-state index contributed by atoms with van der Waals surface area (Å²) < 4.78 is 11.2. The lowest BCUT2D eigenvalue weighted by Crippen LogP contribution is -2.39. The monoisotopic (exact) mass is 514 g/mol. The number of carboxylic acids is 1. The molecule has 1 atom stereocenters. The summed E-state index contributed by atoms with van der Waals surface area (Å²) in [6, 6.07) is 14.6. The molecule has 3 aromatic rings. The minimum absolute atomic E-state index is 0. The maximum absolute atomic E-state index is 10.9. The first-order valence-corrected chi connectivity index (χ1v) is 12.2. The zero-order chi connectivity index (χ0) is 24.8. The van der Waals surface area contributed by atoms with E-state index in [1.807, 2.05) is 30.3 Å². The number of aromatic nitrogens is 2. The molecule has 36 heavy (non-hydrogen) atoms. The van der Waals surface area contributed by atoms with Crippen molar-refractivity contribution >= 4 is 24.1 Å². The molecule has 1 aliphatic rings. The normalized spacial score (nSPS) is 15.7. The van der Waals surface area contributed by atoms with E-state index in [2.05, 4.69) is 34.1 Å². The van der Waals surface area contributed by atoms with Crippen molar-refractivity contribution in [3.8, 4) is 22.8 Å². The summed E-state index contributed by atoms with van der Waals surface area (Å²) in [4.78, 5) is 19.9. The summed E-state index contributed by atoms with van der Waals surface area (Å²) in [5, 5.41) is 13.2. The van der Waals surface area contributed by atoms with Crippen molar-refractivity contribution in [2.75, 3.05) is 32.1 Å². The molecule has 9 heteroatoms. The third kappa shape index (κ3) is 6.63. The standard InChI is InChI=1S/C27H34N4O4.ClH/c1-4-23-10-5-6-13-31(23)24-12-11-21(15-22(24)18-34-3)27-28-26(29-35-27)20-9-7-8-19(14-20)16-30(2)17-25(32)33;/h7-9,11-12,14-15,23H,4-6,10,13,16-18H2,1-3H3,(H,32,33);1H. The van der Waals surface area contributed by atoms with Crippen LogP contribution in [0.1, 0.15) is 43.7 Å². The molecule has 1 unspecified atom stereocenters. The third-order valence-corrected chi connectivity index (χ3v) is 6.50. The number of piperidine rings is 1. The zero-order valence-electron chi connectivity index (χ0n) is 21.1. The topological polar surface area (TPSA) is 91.9 Å². The number of benzene rings is 2. The van der Waals surface area contributed by atoms with E-state index >= 15 is 0 Å². The predicted molar refractivity (Wildman–Crippen MR) is 142 cm³/mol. The van der Waals surface area contributed by atoms with Gasteiger partial charge < -0.3 is 19.3 Å². The number of methoxy groups -OCH3 is 1. The van der Waals surface area contributed by atoms with Gasteiger partial charge in [-0.1, -0.05) is 30.3 Å². The van der Waals surface area contributed by atoms with Crippen molar-refractivity contribution in [2.45, 2.75) is 51.8 Å². The first kappa shape index (κ1) is 27.6. The highest BCUT2D eigenvalue weighted by atomic mass is 35.5. The largest absolute Gasteiger partial charge is 0.480 e. The van der Waals surface area contributed by atoms with Crippen LogP contribution >= 0.6 is 12.4 Å². The third-order valence-electron chi connectivity index (χ3n) is 6.50. The fourth-order valence-corrected chi connectivity index (χ4v) is 4.88. The Kier molecular flexibility index (Phi) is 9.87. The molecule has 4 rings (SSSR count). The van der Waals surface area contributed by atoms with Crippen LogP contribution in [0.4, 0.5) is 5.69 Å². The van der Waals surface area contributed by atoms with Crippen LogP contribution in [0.25, 0.3) is 22.8 Å². The van der Waals surface area contributed by atoms with E-state index in [9.17, 15) is 4.79 Å². The molecule has 1 aromatic heterocycles. The van der Waals surface area contributed by atoms with Gasteiger partial charge in [-0.3, -0.25) is 9.69 Å². The lowest BCUT2D eigenvalue weighted by atomic mass is 9.97. The zero-order valence-corrected chi connectivity index (χ0v) is 22.0. The van der Waals surface area contributed by atoms with Gasteiger partial charge in [-0.25, -0.2) is 0 Å². The van der Waals surface area contributed by atoms with Gasteiger partial charge in [0.25, 0.3) is 5.89 Å². The number of nitrogens with zero attached hydrogens (tertiary/aromatic N) is 4. The molecular weight excluding hydrogens is 480 g/mol. The van der Waals surface area contributed by atoms with Crippen molar-refractivity contribution in [1.29, 1.82) is 0 Å². The molecule has 194 valence electrons. The van der Waals surface area contributed by atoms with Gasteiger partial charge in [-0.05, 0) is 62.6 Å². The molecule has 8 nitrogen and oxygen atoms in total. The highest BCUT2D eigenvalue weighted by molar-refractivity contribution is 5.85. The number of ether oxygens (including phenoxy) is 1. The number of hydrogen-bond acceptors (Lipinski definition) is 7. The minimum Gasteiger partial charge on any atom is -0.480 e. The molecule has 1 aliphatic heterocycles. The quantitative estimate of drug-likeness (QED) is 0.392. The smallest absolute Gasteiger partial charge is 0.317 e. The Morgan fingerprint density at radius 2 is 2.06 bits per heavy atom. The van der Waals surface area contributed by atoms with Crippen LogP contribution in [0, 0.1) is 0 Å². The van der Waals surface area contributed by atoms with Crippen molar-refractivity contribution in [3.05, 3.63) is 53.6 Å². The van der Waals surface area contributed by atoms with Gasteiger partial charge >= 0.3 is 5.97 Å². The lowest BCUT2D eigenvalue weighted by Gasteiger charge is -2.38. The van der Waals surface area contributed by atoms with Gasteiger partial charge in [0.2, 0.25) is 5.82 Å². The average Bonchev–Trinajstić information content (AvgIpc) is 3.34. The highest BCUT2D eigenvalue weighted by Gasteiger charge is 2.24. The number of halogens is 1. The second kappa shape index (κ2) is 12.9.